The third-order valence-corrected chi connectivity index (χ3v) is 4.75. The second kappa shape index (κ2) is 6.19. The van der Waals surface area contributed by atoms with Crippen LogP contribution in [0, 0.1) is 0 Å². The average Bonchev–Trinajstić information content (AvgIpc) is 3.10. The van der Waals surface area contributed by atoms with Crippen molar-refractivity contribution < 1.29 is 34.2 Å². The van der Waals surface area contributed by atoms with Crippen molar-refractivity contribution in [2.75, 3.05) is 13.5 Å². The number of carbonyl (C=O) groups is 5. The van der Waals surface area contributed by atoms with Gasteiger partial charge in [-0.3, -0.25) is 33.8 Å². The smallest absolute Gasteiger partial charge is 0.263 e. The largest absolute Gasteiger partial charge is 0.376 e. The minimum Gasteiger partial charge on any atom is -0.376 e. The van der Waals surface area contributed by atoms with E-state index < -0.39 is 42.9 Å². The Hall–Kier alpha value is -3.69. The Kier molecular flexibility index (Phi) is 3.91. The molecule has 0 saturated heterocycles. The second-order valence-electron chi connectivity index (χ2n) is 6.21. The number of carbonyl (C=O) groups excluding carboxylic acids is 5. The predicted molar refractivity (Wildman–Crippen MR) is 91.5 cm³/mol. The van der Waals surface area contributed by atoms with Gasteiger partial charge in [0.1, 0.15) is 13.5 Å². The predicted octanol–water partition coefficient (Wildman–Crippen LogP) is 0.00920. The second-order valence-corrected chi connectivity index (χ2v) is 6.21. The number of ketones is 1. The molecule has 0 unspecified atom stereocenters. The number of hydrogen-bond acceptors (Lipinski definition) is 7. The molecule has 4 rings (SSSR count). The molecule has 0 radical (unpaired) electrons. The van der Waals surface area contributed by atoms with Crippen molar-refractivity contribution >= 4 is 29.4 Å². The molecule has 4 amide bonds. The van der Waals surface area contributed by atoms with Crippen LogP contribution in [0.1, 0.15) is 57.4 Å². The lowest BCUT2D eigenvalue weighted by atomic mass is 9.96. The van der Waals surface area contributed by atoms with E-state index in [0.29, 0.717) is 9.80 Å². The number of nitrogens with zero attached hydrogens (tertiary/aromatic N) is 2. The van der Waals surface area contributed by atoms with Crippen molar-refractivity contribution in [3.05, 3.63) is 69.8 Å². The Morgan fingerprint density at radius 3 is 1.36 bits per heavy atom. The first kappa shape index (κ1) is 17.7. The van der Waals surface area contributed by atoms with Crippen LogP contribution in [0.5, 0.6) is 0 Å². The van der Waals surface area contributed by atoms with E-state index in [4.69, 9.17) is 10.2 Å². The molecule has 0 fully saturated rings. The minimum atomic E-state index is -0.766. The Morgan fingerprint density at radius 2 is 1.00 bits per heavy atom. The van der Waals surface area contributed by atoms with Crippen LogP contribution in [0.3, 0.4) is 0 Å². The van der Waals surface area contributed by atoms with Crippen LogP contribution in [-0.2, 0) is 0 Å². The molecule has 0 aromatic heterocycles. The fourth-order valence-electron chi connectivity index (χ4n) is 3.29. The highest BCUT2D eigenvalue weighted by Crippen LogP contribution is 2.27. The highest BCUT2D eigenvalue weighted by molar-refractivity contribution is 6.24. The van der Waals surface area contributed by atoms with Gasteiger partial charge in [0.2, 0.25) is 0 Å². The van der Waals surface area contributed by atoms with Gasteiger partial charge in [0.25, 0.3) is 23.6 Å². The van der Waals surface area contributed by atoms with E-state index >= 15 is 0 Å². The summed E-state index contributed by atoms with van der Waals surface area (Å²) in [5.74, 6) is -3.22. The maximum atomic E-state index is 12.8. The Bertz CT molecular complexity index is 1020. The first-order chi connectivity index (χ1) is 13.4. The summed E-state index contributed by atoms with van der Waals surface area (Å²) in [5.41, 5.74) is 0.395. The molecule has 2 aromatic carbocycles. The SMILES string of the molecule is O=C(c1ccc2c(c1)C(=O)N(CO)C2=O)c1ccc2c(c1)C(=O)N(CO)C2=O. The normalized spacial score (nSPS) is 15.4. The number of aliphatic hydroxyl groups is 2. The van der Waals surface area contributed by atoms with Crippen LogP contribution in [0.2, 0.25) is 0 Å². The summed E-state index contributed by atoms with van der Waals surface area (Å²) in [4.78, 5) is 62.5. The number of hydrogen-bond donors (Lipinski definition) is 2. The van der Waals surface area contributed by atoms with Crippen LogP contribution in [-0.4, -0.2) is 62.9 Å². The van der Waals surface area contributed by atoms with Gasteiger partial charge in [0, 0.05) is 11.1 Å². The summed E-state index contributed by atoms with van der Waals surface area (Å²) in [7, 11) is 0. The van der Waals surface area contributed by atoms with E-state index in [-0.39, 0.29) is 33.4 Å². The van der Waals surface area contributed by atoms with E-state index in [1.165, 1.54) is 36.4 Å². The number of benzene rings is 2. The van der Waals surface area contributed by atoms with E-state index in [1.807, 2.05) is 0 Å². The van der Waals surface area contributed by atoms with Crippen LogP contribution in [0.25, 0.3) is 0 Å². The van der Waals surface area contributed by atoms with Crippen molar-refractivity contribution in [2.45, 2.75) is 0 Å². The van der Waals surface area contributed by atoms with E-state index in [9.17, 15) is 24.0 Å². The number of amides is 4. The molecule has 0 spiro atoms. The summed E-state index contributed by atoms with van der Waals surface area (Å²) in [6, 6.07) is 7.91. The fourth-order valence-corrected chi connectivity index (χ4v) is 3.29. The zero-order valence-electron chi connectivity index (χ0n) is 14.2. The average molecular weight is 380 g/mol. The zero-order valence-corrected chi connectivity index (χ0v) is 14.2. The quantitative estimate of drug-likeness (QED) is 0.564. The van der Waals surface area contributed by atoms with Crippen LogP contribution in [0.4, 0.5) is 0 Å². The Balaban J connectivity index is 1.72. The van der Waals surface area contributed by atoms with E-state index in [2.05, 4.69) is 0 Å². The molecular formula is C19H12N2O7. The van der Waals surface area contributed by atoms with Gasteiger partial charge >= 0.3 is 0 Å². The number of imide groups is 2. The molecule has 0 saturated carbocycles. The molecule has 28 heavy (non-hydrogen) atoms. The molecule has 0 aliphatic carbocycles. The van der Waals surface area contributed by atoms with Gasteiger partial charge in [-0.25, -0.2) is 0 Å². The number of aliphatic hydroxyl groups excluding tert-OH is 2. The van der Waals surface area contributed by atoms with Gasteiger partial charge in [-0.1, -0.05) is 12.1 Å². The molecule has 9 nitrogen and oxygen atoms in total. The van der Waals surface area contributed by atoms with Gasteiger partial charge in [-0.15, -0.1) is 0 Å². The zero-order chi connectivity index (χ0) is 20.2. The molecule has 2 aromatic rings. The van der Waals surface area contributed by atoms with E-state index in [0.717, 1.165) is 0 Å². The van der Waals surface area contributed by atoms with Gasteiger partial charge in [-0.05, 0) is 24.3 Å². The summed E-state index contributed by atoms with van der Waals surface area (Å²) in [6.07, 6.45) is 0. The molecular weight excluding hydrogens is 368 g/mol. The molecule has 0 atom stereocenters. The molecule has 0 bridgehead atoms. The van der Waals surface area contributed by atoms with Gasteiger partial charge in [0.05, 0.1) is 22.3 Å². The van der Waals surface area contributed by atoms with Crippen molar-refractivity contribution in [1.29, 1.82) is 0 Å². The molecule has 2 aliphatic heterocycles. The topological polar surface area (TPSA) is 132 Å². The first-order valence-electron chi connectivity index (χ1n) is 8.16. The number of fused-ring (bicyclic) bond motifs is 2. The molecule has 2 N–H and O–H groups in total. The standard InChI is InChI=1S/C19H12N2O7/c22-7-20-16(25)11-3-1-9(5-13(11)18(20)27)15(24)10-2-4-12-14(6-10)19(28)21(8-23)17(12)26/h1-6,22-23H,7-8H2. The lowest BCUT2D eigenvalue weighted by Gasteiger charge is -2.07. The van der Waals surface area contributed by atoms with Crippen molar-refractivity contribution in [1.82, 2.24) is 9.80 Å². The lowest BCUT2D eigenvalue weighted by Crippen LogP contribution is -2.30. The molecule has 9 heteroatoms. The fraction of sp³-hybridized carbons (Fsp3) is 0.105. The number of rotatable bonds is 4. The highest BCUT2D eigenvalue weighted by atomic mass is 16.3. The first-order valence-corrected chi connectivity index (χ1v) is 8.16. The van der Waals surface area contributed by atoms with Crippen molar-refractivity contribution in [3.63, 3.8) is 0 Å². The maximum absolute atomic E-state index is 12.8. The van der Waals surface area contributed by atoms with Crippen molar-refractivity contribution in [2.24, 2.45) is 0 Å². The third kappa shape index (κ3) is 2.30. The lowest BCUT2D eigenvalue weighted by molar-refractivity contribution is 0.0472. The summed E-state index contributed by atoms with van der Waals surface area (Å²) < 4.78 is 0. The van der Waals surface area contributed by atoms with Crippen LogP contribution < -0.4 is 0 Å². The third-order valence-electron chi connectivity index (χ3n) is 4.75. The van der Waals surface area contributed by atoms with Gasteiger partial charge in [-0.2, -0.15) is 0 Å². The van der Waals surface area contributed by atoms with Crippen LogP contribution >= 0.6 is 0 Å². The van der Waals surface area contributed by atoms with Crippen molar-refractivity contribution in [3.8, 4) is 0 Å². The maximum Gasteiger partial charge on any atom is 0.263 e. The van der Waals surface area contributed by atoms with Gasteiger partial charge < -0.3 is 10.2 Å². The molecule has 2 aliphatic rings. The highest BCUT2D eigenvalue weighted by Gasteiger charge is 2.37. The summed E-state index contributed by atoms with van der Waals surface area (Å²) >= 11 is 0. The summed E-state index contributed by atoms with van der Waals surface area (Å²) in [6.45, 7) is -1.53. The summed E-state index contributed by atoms with van der Waals surface area (Å²) in [5, 5.41) is 18.3. The molecule has 140 valence electrons. The Labute approximate surface area is 157 Å². The molecule has 2 heterocycles. The Morgan fingerprint density at radius 1 is 0.643 bits per heavy atom. The van der Waals surface area contributed by atoms with Crippen LogP contribution in [0.15, 0.2) is 36.4 Å². The minimum absolute atomic E-state index is 0.00349. The van der Waals surface area contributed by atoms with E-state index in [1.54, 1.807) is 0 Å². The van der Waals surface area contributed by atoms with Gasteiger partial charge in [0.15, 0.2) is 5.78 Å². The monoisotopic (exact) mass is 380 g/mol.